The number of hydrogen-bond donors (Lipinski definition) is 0. The molecule has 0 aliphatic carbocycles. The minimum atomic E-state index is 0.777. The van der Waals surface area contributed by atoms with Gasteiger partial charge in [-0.15, -0.1) is 10.2 Å². The molecule has 3 aromatic carbocycles. The van der Waals surface area contributed by atoms with E-state index < -0.39 is 0 Å². The van der Waals surface area contributed by atoms with Crippen molar-refractivity contribution in [3.63, 3.8) is 0 Å². The molecule has 8 nitrogen and oxygen atoms in total. The van der Waals surface area contributed by atoms with Gasteiger partial charge in [0.1, 0.15) is 0 Å². The van der Waals surface area contributed by atoms with E-state index in [9.17, 15) is 0 Å². The predicted octanol–water partition coefficient (Wildman–Crippen LogP) is 4.22. The van der Waals surface area contributed by atoms with E-state index in [1.807, 2.05) is 72.8 Å². The second-order valence-electron chi connectivity index (χ2n) is 7.24. The summed E-state index contributed by atoms with van der Waals surface area (Å²) in [6.45, 7) is 0. The van der Waals surface area contributed by atoms with E-state index in [0.717, 1.165) is 44.2 Å². The lowest BCUT2D eigenvalue weighted by atomic mass is 10.0. The van der Waals surface area contributed by atoms with Crippen molar-refractivity contribution in [1.82, 2.24) is 40.1 Å². The molecule has 0 aliphatic rings. The van der Waals surface area contributed by atoms with Crippen molar-refractivity contribution in [3.8, 4) is 11.1 Å². The topological polar surface area (TPSA) is 86.2 Å². The monoisotopic (exact) mass is 416 g/mol. The van der Waals surface area contributed by atoms with Crippen LogP contribution >= 0.6 is 0 Å². The number of rotatable bonds is 1. The second kappa shape index (κ2) is 7.51. The summed E-state index contributed by atoms with van der Waals surface area (Å²) in [5.74, 6) is 0. The Labute approximate surface area is 181 Å². The van der Waals surface area contributed by atoms with Crippen molar-refractivity contribution in [1.29, 1.82) is 0 Å². The third-order valence-corrected chi connectivity index (χ3v) is 5.33. The van der Waals surface area contributed by atoms with Crippen molar-refractivity contribution < 1.29 is 0 Å². The largest absolute Gasteiger partial charge is 0.193 e. The molecule has 0 saturated heterocycles. The molecule has 0 bridgehead atoms. The average Bonchev–Trinajstić information content (AvgIpc) is 3.55. The summed E-state index contributed by atoms with van der Waals surface area (Å²) < 4.78 is 3.52. The van der Waals surface area contributed by atoms with Gasteiger partial charge in [0.05, 0.1) is 11.0 Å². The molecular formula is C24H16N8. The fourth-order valence-electron chi connectivity index (χ4n) is 3.83. The highest BCUT2D eigenvalue weighted by molar-refractivity contribution is 5.91. The van der Waals surface area contributed by atoms with Crippen molar-refractivity contribution in [2.75, 3.05) is 0 Å². The maximum atomic E-state index is 4.15. The average molecular weight is 416 g/mol. The fraction of sp³-hybridized carbons (Fsp3) is 0. The third kappa shape index (κ3) is 3.02. The Morgan fingerprint density at radius 1 is 0.531 bits per heavy atom. The van der Waals surface area contributed by atoms with Gasteiger partial charge in [0, 0.05) is 16.3 Å². The maximum absolute atomic E-state index is 4.15. The Morgan fingerprint density at radius 3 is 2.03 bits per heavy atom. The third-order valence-electron chi connectivity index (χ3n) is 5.33. The van der Waals surface area contributed by atoms with Crippen molar-refractivity contribution in [2.24, 2.45) is 0 Å². The van der Waals surface area contributed by atoms with Crippen LogP contribution in [0, 0.1) is 0 Å². The van der Waals surface area contributed by atoms with Crippen LogP contribution in [0.4, 0.5) is 0 Å². The zero-order chi connectivity index (χ0) is 21.3. The predicted molar refractivity (Wildman–Crippen MR) is 122 cm³/mol. The van der Waals surface area contributed by atoms with Gasteiger partial charge >= 0.3 is 0 Å². The summed E-state index contributed by atoms with van der Waals surface area (Å²) in [4.78, 5) is 0. The normalized spacial score (nSPS) is 11.1. The van der Waals surface area contributed by atoms with Gasteiger partial charge in [0.15, 0.2) is 11.3 Å². The molecule has 4 heterocycles. The number of pyridine rings is 2. The number of fused-ring (bicyclic) bond motifs is 6. The van der Waals surface area contributed by atoms with Crippen LogP contribution in [-0.4, -0.2) is 40.1 Å². The van der Waals surface area contributed by atoms with Gasteiger partial charge in [-0.1, -0.05) is 66.7 Å². The van der Waals surface area contributed by atoms with E-state index >= 15 is 0 Å². The van der Waals surface area contributed by atoms with Gasteiger partial charge < -0.3 is 0 Å². The lowest BCUT2D eigenvalue weighted by molar-refractivity contribution is 0.841. The van der Waals surface area contributed by atoms with Crippen molar-refractivity contribution in [2.45, 2.75) is 0 Å². The SMILES string of the molecule is c1ccc(-c2cc3ccccc3n3nnnc23)cc1.c1ccc2c(c1)ccc1nnnn12. The molecule has 152 valence electrons. The second-order valence-corrected chi connectivity index (χ2v) is 7.24. The molecular weight excluding hydrogens is 400 g/mol. The van der Waals surface area contributed by atoms with Crippen LogP contribution < -0.4 is 0 Å². The molecule has 0 amide bonds. The molecule has 8 heteroatoms. The van der Waals surface area contributed by atoms with Gasteiger partial charge in [-0.3, -0.25) is 0 Å². The first-order valence-electron chi connectivity index (χ1n) is 10.1. The summed E-state index contributed by atoms with van der Waals surface area (Å²) in [5, 5.41) is 25.7. The highest BCUT2D eigenvalue weighted by atomic mass is 15.5. The summed E-state index contributed by atoms with van der Waals surface area (Å²) in [7, 11) is 0. The highest BCUT2D eigenvalue weighted by Gasteiger charge is 2.10. The molecule has 0 aliphatic heterocycles. The Bertz CT molecular complexity index is 1680. The van der Waals surface area contributed by atoms with Crippen LogP contribution in [-0.2, 0) is 0 Å². The van der Waals surface area contributed by atoms with Crippen LogP contribution in [0.25, 0.3) is 44.2 Å². The summed E-state index contributed by atoms with van der Waals surface area (Å²) in [6, 6.07) is 32.4. The number of aromatic nitrogens is 8. The van der Waals surface area contributed by atoms with E-state index in [4.69, 9.17) is 0 Å². The minimum Gasteiger partial charge on any atom is -0.193 e. The number of benzene rings is 3. The number of tetrazole rings is 2. The summed E-state index contributed by atoms with van der Waals surface area (Å²) in [5.41, 5.74) is 5.77. The Morgan fingerprint density at radius 2 is 1.19 bits per heavy atom. The van der Waals surface area contributed by atoms with Gasteiger partial charge in [0.25, 0.3) is 0 Å². The maximum Gasteiger partial charge on any atom is 0.187 e. The zero-order valence-corrected chi connectivity index (χ0v) is 16.8. The molecule has 0 atom stereocenters. The molecule has 7 rings (SSSR count). The number of hydrogen-bond acceptors (Lipinski definition) is 6. The lowest BCUT2D eigenvalue weighted by Gasteiger charge is -2.06. The van der Waals surface area contributed by atoms with Crippen molar-refractivity contribution >= 4 is 33.1 Å². The van der Waals surface area contributed by atoms with Gasteiger partial charge in [-0.05, 0) is 56.7 Å². The molecule has 0 unspecified atom stereocenters. The van der Waals surface area contributed by atoms with E-state index in [1.54, 1.807) is 9.03 Å². The first-order chi connectivity index (χ1) is 15.9. The van der Waals surface area contributed by atoms with Gasteiger partial charge in [-0.2, -0.15) is 9.03 Å². The van der Waals surface area contributed by atoms with E-state index in [2.05, 4.69) is 55.3 Å². The van der Waals surface area contributed by atoms with Gasteiger partial charge in [0.2, 0.25) is 0 Å². The fourth-order valence-corrected chi connectivity index (χ4v) is 3.83. The smallest absolute Gasteiger partial charge is 0.187 e. The standard InChI is InChI=1S/C15H10N4.C9H6N4/c1-2-6-11(7-3-1)13-10-12-8-4-5-9-14(12)19-15(13)16-17-18-19;1-2-4-8-7(3-1)5-6-9-10-11-12-13(8)9/h1-10H;1-6H. The Hall–Kier alpha value is -4.72. The van der Waals surface area contributed by atoms with Crippen LogP contribution in [0.1, 0.15) is 0 Å². The quantitative estimate of drug-likeness (QED) is 0.398. The molecule has 0 saturated carbocycles. The Balaban J connectivity index is 0.000000131. The molecule has 7 aromatic rings. The zero-order valence-electron chi connectivity index (χ0n) is 16.8. The number of para-hydroxylation sites is 2. The highest BCUT2D eigenvalue weighted by Crippen LogP contribution is 2.27. The van der Waals surface area contributed by atoms with E-state index in [0.29, 0.717) is 0 Å². The summed E-state index contributed by atoms with van der Waals surface area (Å²) >= 11 is 0. The van der Waals surface area contributed by atoms with Crippen LogP contribution in [0.15, 0.2) is 97.1 Å². The van der Waals surface area contributed by atoms with Crippen LogP contribution in [0.2, 0.25) is 0 Å². The molecule has 4 aromatic heterocycles. The first-order valence-corrected chi connectivity index (χ1v) is 10.1. The van der Waals surface area contributed by atoms with Crippen LogP contribution in [0.5, 0.6) is 0 Å². The van der Waals surface area contributed by atoms with Crippen molar-refractivity contribution in [3.05, 3.63) is 97.1 Å². The summed E-state index contributed by atoms with van der Waals surface area (Å²) in [6.07, 6.45) is 0. The minimum absolute atomic E-state index is 0.777. The number of nitrogens with zero attached hydrogens (tertiary/aromatic N) is 8. The van der Waals surface area contributed by atoms with E-state index in [1.165, 1.54) is 0 Å². The molecule has 32 heavy (non-hydrogen) atoms. The Kier molecular flexibility index (Phi) is 4.25. The molecule has 0 fully saturated rings. The lowest BCUT2D eigenvalue weighted by Crippen LogP contribution is -1.93. The van der Waals surface area contributed by atoms with Crippen LogP contribution in [0.3, 0.4) is 0 Å². The molecule has 0 spiro atoms. The molecule has 0 radical (unpaired) electrons. The first kappa shape index (κ1) is 18.1. The molecule has 0 N–H and O–H groups in total. The van der Waals surface area contributed by atoms with Gasteiger partial charge in [-0.25, -0.2) is 0 Å². The van der Waals surface area contributed by atoms with E-state index in [-0.39, 0.29) is 0 Å².